The highest BCUT2D eigenvalue weighted by atomic mass is 32.2. The number of anilines is 1. The maximum absolute atomic E-state index is 13.2. The summed E-state index contributed by atoms with van der Waals surface area (Å²) in [6.07, 6.45) is 1.74. The minimum atomic E-state index is -3.70. The molecule has 0 atom stereocenters. The lowest BCUT2D eigenvalue weighted by Crippen LogP contribution is -2.50. The topological polar surface area (TPSA) is 99.9 Å². The van der Waals surface area contributed by atoms with Crippen molar-refractivity contribution in [3.8, 4) is 0 Å². The lowest BCUT2D eigenvalue weighted by Gasteiger charge is -2.35. The molecule has 29 heavy (non-hydrogen) atoms. The first-order valence-corrected chi connectivity index (χ1v) is 10.9. The second kappa shape index (κ2) is 7.00. The highest BCUT2D eigenvalue weighted by Crippen LogP contribution is 2.38. The van der Waals surface area contributed by atoms with Crippen LogP contribution in [0.2, 0.25) is 0 Å². The number of carbonyl (C=O) groups is 2. The number of rotatable bonds is 3. The quantitative estimate of drug-likeness (QED) is 0.824. The first-order chi connectivity index (χ1) is 13.7. The summed E-state index contributed by atoms with van der Waals surface area (Å²) in [6, 6.07) is 8.07. The van der Waals surface area contributed by atoms with Crippen LogP contribution in [0.4, 0.5) is 5.69 Å². The molecule has 0 unspecified atom stereocenters. The van der Waals surface area contributed by atoms with E-state index in [0.29, 0.717) is 25.2 Å². The number of benzene rings is 1. The molecule has 9 heteroatoms. The zero-order chi connectivity index (χ0) is 20.8. The number of hydrogen-bond acceptors (Lipinski definition) is 5. The number of fused-ring (bicyclic) bond motifs is 1. The van der Waals surface area contributed by atoms with E-state index < -0.39 is 15.4 Å². The number of nitrogens with zero attached hydrogens (tertiary/aromatic N) is 2. The molecule has 2 amide bonds. The molecule has 0 saturated carbocycles. The summed E-state index contributed by atoms with van der Waals surface area (Å²) in [5.41, 5.74) is 1.01. The van der Waals surface area contributed by atoms with E-state index in [1.807, 2.05) is 13.8 Å². The van der Waals surface area contributed by atoms with E-state index >= 15 is 0 Å². The van der Waals surface area contributed by atoms with E-state index in [-0.39, 0.29) is 35.6 Å². The monoisotopic (exact) mass is 417 g/mol. The van der Waals surface area contributed by atoms with Gasteiger partial charge in [0, 0.05) is 43.7 Å². The third kappa shape index (κ3) is 3.56. The summed E-state index contributed by atoms with van der Waals surface area (Å²) in [7, 11) is -3.70. The largest absolute Gasteiger partial charge is 0.459 e. The van der Waals surface area contributed by atoms with E-state index in [2.05, 4.69) is 5.32 Å². The Kier molecular flexibility index (Phi) is 4.74. The van der Waals surface area contributed by atoms with Gasteiger partial charge in [0.1, 0.15) is 0 Å². The third-order valence-electron chi connectivity index (χ3n) is 5.49. The predicted octanol–water partition coefficient (Wildman–Crippen LogP) is 2.05. The van der Waals surface area contributed by atoms with Crippen molar-refractivity contribution in [3.05, 3.63) is 47.9 Å². The van der Waals surface area contributed by atoms with Gasteiger partial charge in [0.2, 0.25) is 15.9 Å². The molecule has 4 rings (SSSR count). The molecule has 1 aromatic carbocycles. The molecule has 0 spiro atoms. The fourth-order valence-corrected chi connectivity index (χ4v) is 5.33. The molecular weight excluding hydrogens is 394 g/mol. The Morgan fingerprint density at radius 3 is 2.52 bits per heavy atom. The van der Waals surface area contributed by atoms with Crippen molar-refractivity contribution in [3.63, 3.8) is 0 Å². The van der Waals surface area contributed by atoms with Gasteiger partial charge in [-0.15, -0.1) is 0 Å². The Morgan fingerprint density at radius 1 is 1.14 bits per heavy atom. The summed E-state index contributed by atoms with van der Waals surface area (Å²) in [5.74, 6) is -0.0611. The minimum Gasteiger partial charge on any atom is -0.459 e. The summed E-state index contributed by atoms with van der Waals surface area (Å²) >= 11 is 0. The van der Waals surface area contributed by atoms with E-state index in [9.17, 15) is 18.0 Å². The molecule has 0 aliphatic carbocycles. The lowest BCUT2D eigenvalue weighted by molar-refractivity contribution is -0.117. The van der Waals surface area contributed by atoms with Crippen molar-refractivity contribution in [1.29, 1.82) is 0 Å². The number of carbonyl (C=O) groups excluding carboxylic acids is 2. The van der Waals surface area contributed by atoms with Gasteiger partial charge in [-0.2, -0.15) is 4.31 Å². The first-order valence-electron chi connectivity index (χ1n) is 9.46. The average molecular weight is 417 g/mol. The lowest BCUT2D eigenvalue weighted by atomic mass is 9.78. The van der Waals surface area contributed by atoms with Crippen molar-refractivity contribution in [2.45, 2.75) is 30.6 Å². The smallest absolute Gasteiger partial charge is 0.289 e. The molecule has 1 fully saturated rings. The maximum Gasteiger partial charge on any atom is 0.289 e. The number of piperazine rings is 1. The second-order valence-electron chi connectivity index (χ2n) is 7.99. The zero-order valence-electron chi connectivity index (χ0n) is 16.3. The van der Waals surface area contributed by atoms with Gasteiger partial charge in [-0.1, -0.05) is 13.8 Å². The van der Waals surface area contributed by atoms with Crippen molar-refractivity contribution in [2.75, 3.05) is 31.5 Å². The van der Waals surface area contributed by atoms with E-state index in [1.54, 1.807) is 29.2 Å². The van der Waals surface area contributed by atoms with E-state index in [0.717, 1.165) is 5.56 Å². The van der Waals surface area contributed by atoms with E-state index in [1.165, 1.54) is 16.6 Å². The van der Waals surface area contributed by atoms with Crippen LogP contribution in [0.5, 0.6) is 0 Å². The summed E-state index contributed by atoms with van der Waals surface area (Å²) in [6.45, 7) is 4.88. The van der Waals surface area contributed by atoms with Gasteiger partial charge in [0.25, 0.3) is 5.91 Å². The fourth-order valence-electron chi connectivity index (χ4n) is 3.88. The zero-order valence-corrected chi connectivity index (χ0v) is 17.2. The normalized spacial score (nSPS) is 19.5. The third-order valence-corrected chi connectivity index (χ3v) is 7.39. The number of sulfonamides is 1. The Hall–Kier alpha value is -2.65. The van der Waals surface area contributed by atoms with Crippen LogP contribution in [0, 0.1) is 0 Å². The molecular formula is C20H23N3O5S. The van der Waals surface area contributed by atoms with Gasteiger partial charge >= 0.3 is 0 Å². The van der Waals surface area contributed by atoms with Gasteiger partial charge in [0.05, 0.1) is 11.2 Å². The second-order valence-corrected chi connectivity index (χ2v) is 9.93. The number of furan rings is 1. The average Bonchev–Trinajstić information content (AvgIpc) is 3.21. The molecule has 1 N–H and O–H groups in total. The summed E-state index contributed by atoms with van der Waals surface area (Å²) in [4.78, 5) is 26.0. The van der Waals surface area contributed by atoms with Crippen LogP contribution in [0.3, 0.4) is 0 Å². The Morgan fingerprint density at radius 2 is 1.86 bits per heavy atom. The van der Waals surface area contributed by atoms with Gasteiger partial charge < -0.3 is 14.6 Å². The van der Waals surface area contributed by atoms with Crippen molar-refractivity contribution < 1.29 is 22.4 Å². The van der Waals surface area contributed by atoms with Crippen molar-refractivity contribution in [1.82, 2.24) is 9.21 Å². The molecule has 0 radical (unpaired) electrons. The number of amides is 2. The molecule has 154 valence electrons. The maximum atomic E-state index is 13.2. The molecule has 3 heterocycles. The molecule has 1 saturated heterocycles. The van der Waals surface area contributed by atoms with Gasteiger partial charge in [-0.25, -0.2) is 8.42 Å². The van der Waals surface area contributed by atoms with Crippen LogP contribution in [0.1, 0.15) is 36.4 Å². The van der Waals surface area contributed by atoms with Crippen molar-refractivity contribution >= 4 is 27.5 Å². The Balaban J connectivity index is 1.53. The molecule has 2 aliphatic rings. The Labute approximate surface area is 169 Å². The van der Waals surface area contributed by atoms with Gasteiger partial charge in [-0.3, -0.25) is 9.59 Å². The van der Waals surface area contributed by atoms with Crippen LogP contribution in [0.15, 0.2) is 45.9 Å². The number of hydrogen-bond donors (Lipinski definition) is 1. The van der Waals surface area contributed by atoms with Crippen LogP contribution in [-0.2, 0) is 20.2 Å². The first kappa shape index (κ1) is 19.7. The van der Waals surface area contributed by atoms with Crippen LogP contribution in [0.25, 0.3) is 0 Å². The molecule has 1 aromatic heterocycles. The highest BCUT2D eigenvalue weighted by Gasteiger charge is 2.35. The minimum absolute atomic E-state index is 0.0737. The highest BCUT2D eigenvalue weighted by molar-refractivity contribution is 7.89. The van der Waals surface area contributed by atoms with Gasteiger partial charge in [0.15, 0.2) is 5.76 Å². The van der Waals surface area contributed by atoms with Crippen molar-refractivity contribution in [2.24, 2.45) is 0 Å². The molecule has 2 aromatic rings. The van der Waals surface area contributed by atoms with Crippen LogP contribution in [-0.4, -0.2) is 55.6 Å². The number of nitrogens with one attached hydrogen (secondary N) is 1. The Bertz CT molecular complexity index is 1050. The fraction of sp³-hybridized carbons (Fsp3) is 0.400. The van der Waals surface area contributed by atoms with Gasteiger partial charge in [-0.05, 0) is 35.9 Å². The predicted molar refractivity (Wildman–Crippen MR) is 106 cm³/mol. The SMILES string of the molecule is CC1(C)CC(=O)Nc2ccc(S(=O)(=O)N3CCN(C(=O)c4ccco4)CC3)cc21. The van der Waals surface area contributed by atoms with Crippen LogP contribution >= 0.6 is 0 Å². The van der Waals surface area contributed by atoms with Crippen LogP contribution < -0.4 is 5.32 Å². The summed E-state index contributed by atoms with van der Waals surface area (Å²) in [5, 5.41) is 2.80. The molecule has 2 aliphatic heterocycles. The molecule has 0 bridgehead atoms. The summed E-state index contributed by atoms with van der Waals surface area (Å²) < 4.78 is 32.9. The standard InChI is InChI=1S/C20H23N3O5S/c1-20(2)13-18(24)21-16-6-5-14(12-15(16)20)29(26,27)23-9-7-22(8-10-23)19(25)17-4-3-11-28-17/h3-6,11-12H,7-10,13H2,1-2H3,(H,21,24). The molecule has 8 nitrogen and oxygen atoms in total. The van der Waals surface area contributed by atoms with E-state index in [4.69, 9.17) is 4.42 Å².